The molecule has 0 aliphatic heterocycles. The van der Waals surface area contributed by atoms with Crippen LogP contribution in [0.5, 0.6) is 0 Å². The Morgan fingerprint density at radius 3 is 1.00 bits per heavy atom. The molecule has 12 heteroatoms. The standard InChI is InChI=1S/BH3O3.2FH.Li.H3O4P.H/c2-1(3)4;;;;1-5(2,3)4;/h2-4H;2*1H;;(H3,1,2,3,4);/q;;;+1;;-1. The van der Waals surface area contributed by atoms with Gasteiger partial charge in [-0.1, -0.05) is 0 Å². The quantitative estimate of drug-likeness (QED) is 0.172. The van der Waals surface area contributed by atoms with E-state index >= 15 is 0 Å². The zero-order chi connectivity index (χ0) is 8.08. The largest absolute Gasteiger partial charge is 1.00 e. The first-order valence-corrected chi connectivity index (χ1v) is 3.12. The summed E-state index contributed by atoms with van der Waals surface area (Å²) < 4.78 is 8.88. The van der Waals surface area contributed by atoms with Crippen LogP contribution < -0.4 is 18.9 Å². The minimum atomic E-state index is -4.64. The van der Waals surface area contributed by atoms with Crippen molar-refractivity contribution in [3.8, 4) is 0 Å². The normalized spacial score (nSPS) is 7.17. The Balaban J connectivity index is -0.0000000146. The van der Waals surface area contributed by atoms with Crippen molar-refractivity contribution >= 4 is 15.1 Å². The van der Waals surface area contributed by atoms with E-state index < -0.39 is 15.1 Å². The summed E-state index contributed by atoms with van der Waals surface area (Å²) in [5.41, 5.74) is 0. The Hall–Kier alpha value is 0.512. The van der Waals surface area contributed by atoms with Gasteiger partial charge in [0.1, 0.15) is 0 Å². The first kappa shape index (κ1) is 29.4. The van der Waals surface area contributed by atoms with Crippen molar-refractivity contribution in [1.29, 1.82) is 0 Å². The van der Waals surface area contributed by atoms with Crippen LogP contribution in [0.3, 0.4) is 0 Å². The Bertz CT molecular complexity index is 97.6. The van der Waals surface area contributed by atoms with Crippen LogP contribution in [0.25, 0.3) is 0 Å². The molecule has 0 amide bonds. The minimum Gasteiger partial charge on any atom is -1.00 e. The second-order valence-corrected chi connectivity index (χ2v) is 1.89. The van der Waals surface area contributed by atoms with Gasteiger partial charge >= 0.3 is 34.0 Å². The molecule has 0 aromatic carbocycles. The maximum Gasteiger partial charge on any atom is 1.00 e. The van der Waals surface area contributed by atoms with E-state index in [4.69, 9.17) is 34.3 Å². The molecule has 74 valence electrons. The topological polar surface area (TPSA) is 138 Å². The van der Waals surface area contributed by atoms with Crippen LogP contribution in [-0.4, -0.2) is 37.1 Å². The van der Waals surface area contributed by atoms with E-state index in [0.29, 0.717) is 0 Å². The van der Waals surface area contributed by atoms with Crippen molar-refractivity contribution in [1.82, 2.24) is 0 Å². The van der Waals surface area contributed by atoms with Crippen LogP contribution in [-0.2, 0) is 4.57 Å². The number of phosphoric acid groups is 1. The van der Waals surface area contributed by atoms with Crippen molar-refractivity contribution in [2.24, 2.45) is 0 Å². The number of hydrogen-bond donors (Lipinski definition) is 6. The number of halogens is 2. The van der Waals surface area contributed by atoms with E-state index in [0.717, 1.165) is 0 Å². The fourth-order valence-corrected chi connectivity index (χ4v) is 0. The van der Waals surface area contributed by atoms with Crippen molar-refractivity contribution in [3.05, 3.63) is 0 Å². The summed E-state index contributed by atoms with van der Waals surface area (Å²) in [6.07, 6.45) is 0. The van der Waals surface area contributed by atoms with Gasteiger partial charge in [0.25, 0.3) is 0 Å². The number of hydrogen-bond acceptors (Lipinski definition) is 4. The van der Waals surface area contributed by atoms with E-state index in [9.17, 15) is 0 Å². The third-order valence-corrected chi connectivity index (χ3v) is 0. The Kier molecular flexibility index (Phi) is 34.4. The molecule has 0 fully saturated rings. The zero-order valence-corrected chi connectivity index (χ0v) is 6.83. The molecule has 0 aliphatic rings. The maximum absolute atomic E-state index is 8.88. The van der Waals surface area contributed by atoms with Gasteiger partial charge in [0, 0.05) is 0 Å². The summed E-state index contributed by atoms with van der Waals surface area (Å²) in [7, 11) is -6.81. The van der Waals surface area contributed by atoms with Crippen molar-refractivity contribution in [2.45, 2.75) is 0 Å². The summed E-state index contributed by atoms with van der Waals surface area (Å²) >= 11 is 0. The Morgan fingerprint density at radius 1 is 1.00 bits per heavy atom. The molecule has 0 aromatic rings. The Morgan fingerprint density at radius 2 is 1.00 bits per heavy atom. The van der Waals surface area contributed by atoms with E-state index in [1.807, 2.05) is 0 Å². The van der Waals surface area contributed by atoms with Crippen LogP contribution in [0.2, 0.25) is 0 Å². The molecular weight excluding hydrogens is 199 g/mol. The third-order valence-electron chi connectivity index (χ3n) is 0. The summed E-state index contributed by atoms with van der Waals surface area (Å²) in [5, 5.41) is 21.5. The molecular formula is H9BF2LiO7P. The first-order chi connectivity index (χ1) is 3.73. The van der Waals surface area contributed by atoms with Crippen LogP contribution >= 0.6 is 7.82 Å². The van der Waals surface area contributed by atoms with Crippen LogP contribution in [0.15, 0.2) is 0 Å². The molecule has 0 unspecified atom stereocenters. The van der Waals surface area contributed by atoms with Gasteiger partial charge in [0.05, 0.1) is 0 Å². The third kappa shape index (κ3) is 3620. The molecule has 0 spiro atoms. The molecule has 0 saturated carbocycles. The molecule has 0 aromatic heterocycles. The average Bonchev–Trinajstić information content (AvgIpc) is 1.19. The maximum atomic E-state index is 8.88. The summed E-state index contributed by atoms with van der Waals surface area (Å²) in [6, 6.07) is 0. The van der Waals surface area contributed by atoms with Gasteiger partial charge in [0.2, 0.25) is 0 Å². The monoisotopic (exact) mass is 208 g/mol. The predicted octanol–water partition coefficient (Wildman–Crippen LogP) is -5.56. The van der Waals surface area contributed by atoms with Crippen molar-refractivity contribution in [3.63, 3.8) is 0 Å². The van der Waals surface area contributed by atoms with Gasteiger partial charge in [-0.15, -0.1) is 0 Å². The van der Waals surface area contributed by atoms with Gasteiger partial charge in [-0.05, 0) is 0 Å². The fraction of sp³-hybridized carbons (Fsp3) is 0. The SMILES string of the molecule is F.F.O=P(O)(O)O.OB(O)O.[H-].[Li+]. The van der Waals surface area contributed by atoms with E-state index in [-0.39, 0.29) is 29.7 Å². The molecule has 0 atom stereocenters. The second kappa shape index (κ2) is 14.1. The van der Waals surface area contributed by atoms with Gasteiger partial charge in [-0.3, -0.25) is 9.41 Å². The molecule has 0 saturated heterocycles. The minimum absolute atomic E-state index is 0. The molecule has 0 heterocycles. The number of rotatable bonds is 0. The van der Waals surface area contributed by atoms with Gasteiger partial charge in [0.15, 0.2) is 0 Å². The Labute approximate surface area is 79.9 Å². The average molecular weight is 208 g/mol. The zero-order valence-electron chi connectivity index (χ0n) is 6.93. The van der Waals surface area contributed by atoms with E-state index in [1.54, 1.807) is 0 Å². The van der Waals surface area contributed by atoms with Crippen LogP contribution in [0.1, 0.15) is 1.43 Å². The second-order valence-electron chi connectivity index (χ2n) is 0.860. The predicted molar refractivity (Wildman–Crippen MR) is 32.8 cm³/mol. The smallest absolute Gasteiger partial charge is 1.00 e. The molecule has 0 bridgehead atoms. The summed E-state index contributed by atoms with van der Waals surface area (Å²) in [5.74, 6) is 0. The van der Waals surface area contributed by atoms with Gasteiger partial charge < -0.3 is 31.2 Å². The first-order valence-electron chi connectivity index (χ1n) is 1.56. The van der Waals surface area contributed by atoms with Gasteiger partial charge in [-0.2, -0.15) is 0 Å². The molecule has 6 N–H and O–H groups in total. The molecule has 0 rings (SSSR count). The van der Waals surface area contributed by atoms with Crippen LogP contribution in [0, 0.1) is 0 Å². The fourth-order valence-electron chi connectivity index (χ4n) is 0. The van der Waals surface area contributed by atoms with E-state index in [2.05, 4.69) is 0 Å². The summed E-state index contributed by atoms with van der Waals surface area (Å²) in [6.45, 7) is 0. The van der Waals surface area contributed by atoms with Crippen molar-refractivity contribution in [2.75, 3.05) is 0 Å². The molecule has 12 heavy (non-hydrogen) atoms. The van der Waals surface area contributed by atoms with Crippen LogP contribution in [0.4, 0.5) is 9.41 Å². The van der Waals surface area contributed by atoms with E-state index in [1.165, 1.54) is 0 Å². The van der Waals surface area contributed by atoms with Gasteiger partial charge in [-0.25, -0.2) is 4.57 Å². The summed E-state index contributed by atoms with van der Waals surface area (Å²) in [4.78, 5) is 21.6. The molecule has 0 radical (unpaired) electrons. The molecule has 0 aliphatic carbocycles. The molecule has 7 nitrogen and oxygen atoms in total. The van der Waals surface area contributed by atoms with Crippen molar-refractivity contribution < 1.29 is 64.0 Å².